The average molecular weight is 379 g/mol. The summed E-state index contributed by atoms with van der Waals surface area (Å²) in [5.74, 6) is -0.534. The van der Waals surface area contributed by atoms with Gasteiger partial charge in [0.05, 0.1) is 0 Å². The van der Waals surface area contributed by atoms with Crippen LogP contribution in [0.2, 0.25) is 0 Å². The number of hydrogen-bond donors (Lipinski definition) is 1. The molecule has 6 nitrogen and oxygen atoms in total. The molecule has 2 aromatic carbocycles. The van der Waals surface area contributed by atoms with Crippen molar-refractivity contribution in [3.05, 3.63) is 76.1 Å². The monoisotopic (exact) mass is 379 g/mol. The molecule has 1 amide bonds. The number of carbonyl (C=O) groups is 2. The lowest BCUT2D eigenvalue weighted by molar-refractivity contribution is -0.134. The van der Waals surface area contributed by atoms with E-state index in [1.54, 1.807) is 12.1 Å². The van der Waals surface area contributed by atoms with Crippen LogP contribution in [0.25, 0.3) is 11.0 Å². The molecule has 28 heavy (non-hydrogen) atoms. The van der Waals surface area contributed by atoms with Crippen LogP contribution in [-0.2, 0) is 11.3 Å². The predicted molar refractivity (Wildman–Crippen MR) is 105 cm³/mol. The summed E-state index contributed by atoms with van der Waals surface area (Å²) in [6, 6.07) is 15.6. The highest BCUT2D eigenvalue weighted by atomic mass is 16.5. The number of carbonyl (C=O) groups excluding carboxylic acids is 2. The summed E-state index contributed by atoms with van der Waals surface area (Å²) in [5, 5.41) is 3.28. The molecule has 0 atom stereocenters. The maximum Gasteiger partial charge on any atom is 0.349 e. The fourth-order valence-electron chi connectivity index (χ4n) is 2.69. The molecule has 0 aliphatic rings. The van der Waals surface area contributed by atoms with Crippen molar-refractivity contribution in [1.82, 2.24) is 5.32 Å². The molecule has 0 aliphatic carbocycles. The Morgan fingerprint density at radius 2 is 1.86 bits per heavy atom. The molecule has 3 aromatic rings. The highest BCUT2D eigenvalue weighted by Crippen LogP contribution is 2.21. The van der Waals surface area contributed by atoms with Gasteiger partial charge in [0.2, 0.25) is 0 Å². The minimum Gasteiger partial charge on any atom is -0.426 e. The summed E-state index contributed by atoms with van der Waals surface area (Å²) in [4.78, 5) is 36.3. The number of hydrogen-bond acceptors (Lipinski definition) is 5. The first-order valence-corrected chi connectivity index (χ1v) is 9.17. The predicted octanol–water partition coefficient (Wildman–Crippen LogP) is 3.82. The first kappa shape index (κ1) is 19.4. The zero-order valence-electron chi connectivity index (χ0n) is 15.6. The van der Waals surface area contributed by atoms with Crippen LogP contribution >= 0.6 is 0 Å². The Balaban J connectivity index is 1.75. The van der Waals surface area contributed by atoms with E-state index in [-0.39, 0.29) is 17.1 Å². The molecule has 0 radical (unpaired) electrons. The highest BCUT2D eigenvalue weighted by Gasteiger charge is 2.14. The number of rotatable bonds is 7. The smallest absolute Gasteiger partial charge is 0.349 e. The van der Waals surface area contributed by atoms with E-state index in [1.807, 2.05) is 37.3 Å². The third kappa shape index (κ3) is 4.85. The number of unbranched alkanes of at least 4 members (excludes halogenated alkanes) is 1. The molecule has 0 aliphatic heterocycles. The van der Waals surface area contributed by atoms with Crippen molar-refractivity contribution < 1.29 is 18.7 Å². The normalized spacial score (nSPS) is 10.6. The SMILES string of the molecule is CCCCC(=O)Oc1ccc2cc(C(=O)NCc3ccccc3)c(=O)oc2c1. The molecule has 0 fully saturated rings. The van der Waals surface area contributed by atoms with E-state index < -0.39 is 11.5 Å². The van der Waals surface area contributed by atoms with Crippen molar-refractivity contribution in [2.45, 2.75) is 32.7 Å². The van der Waals surface area contributed by atoms with Gasteiger partial charge in [0.1, 0.15) is 16.9 Å². The summed E-state index contributed by atoms with van der Waals surface area (Å²) < 4.78 is 10.5. The molecule has 0 unspecified atom stereocenters. The van der Waals surface area contributed by atoms with Crippen LogP contribution in [0.1, 0.15) is 42.1 Å². The molecular weight excluding hydrogens is 358 g/mol. The third-order valence-corrected chi connectivity index (χ3v) is 4.21. The van der Waals surface area contributed by atoms with Gasteiger partial charge in [-0.25, -0.2) is 4.79 Å². The van der Waals surface area contributed by atoms with Crippen LogP contribution < -0.4 is 15.7 Å². The van der Waals surface area contributed by atoms with E-state index in [9.17, 15) is 14.4 Å². The van der Waals surface area contributed by atoms with Gasteiger partial charge in [0, 0.05) is 24.4 Å². The topological polar surface area (TPSA) is 85.6 Å². The average Bonchev–Trinajstić information content (AvgIpc) is 2.70. The largest absolute Gasteiger partial charge is 0.426 e. The van der Waals surface area contributed by atoms with Gasteiger partial charge in [-0.15, -0.1) is 0 Å². The summed E-state index contributed by atoms with van der Waals surface area (Å²) in [6.45, 7) is 2.30. The number of benzene rings is 2. The van der Waals surface area contributed by atoms with Crippen molar-refractivity contribution in [1.29, 1.82) is 0 Å². The van der Waals surface area contributed by atoms with Gasteiger partial charge in [0.15, 0.2) is 0 Å². The summed E-state index contributed by atoms with van der Waals surface area (Å²) in [5.41, 5.74) is 0.365. The molecule has 6 heteroatoms. The van der Waals surface area contributed by atoms with Crippen LogP contribution in [0.5, 0.6) is 5.75 Å². The van der Waals surface area contributed by atoms with E-state index >= 15 is 0 Å². The van der Waals surface area contributed by atoms with Gasteiger partial charge < -0.3 is 14.5 Å². The van der Waals surface area contributed by atoms with Crippen LogP contribution in [0, 0.1) is 0 Å². The number of nitrogens with one attached hydrogen (secondary N) is 1. The summed E-state index contributed by atoms with van der Waals surface area (Å²) >= 11 is 0. The molecular formula is C22H21NO5. The Morgan fingerprint density at radius 1 is 1.07 bits per heavy atom. The number of ether oxygens (including phenoxy) is 1. The number of esters is 1. The van der Waals surface area contributed by atoms with Crippen molar-refractivity contribution in [2.24, 2.45) is 0 Å². The molecule has 0 saturated heterocycles. The van der Waals surface area contributed by atoms with E-state index in [0.717, 1.165) is 18.4 Å². The lowest BCUT2D eigenvalue weighted by Crippen LogP contribution is -2.27. The summed E-state index contributed by atoms with van der Waals surface area (Å²) in [6.07, 6.45) is 1.98. The fourth-order valence-corrected chi connectivity index (χ4v) is 2.69. The lowest BCUT2D eigenvalue weighted by Gasteiger charge is -2.07. The molecule has 3 rings (SSSR count). The van der Waals surface area contributed by atoms with Crippen molar-refractivity contribution in [3.8, 4) is 5.75 Å². The maximum atomic E-state index is 12.4. The van der Waals surface area contributed by atoms with Gasteiger partial charge in [-0.3, -0.25) is 9.59 Å². The maximum absolute atomic E-state index is 12.4. The van der Waals surface area contributed by atoms with Gasteiger partial charge in [-0.1, -0.05) is 43.7 Å². The number of amides is 1. The van der Waals surface area contributed by atoms with E-state index in [0.29, 0.717) is 24.1 Å². The molecule has 0 spiro atoms. The minimum atomic E-state index is -0.743. The van der Waals surface area contributed by atoms with Crippen LogP contribution in [0.15, 0.2) is 63.8 Å². The molecule has 144 valence electrons. The Bertz CT molecular complexity index is 1040. The van der Waals surface area contributed by atoms with Gasteiger partial charge in [0.25, 0.3) is 5.91 Å². The highest BCUT2D eigenvalue weighted by molar-refractivity contribution is 5.96. The standard InChI is InChI=1S/C22H21NO5/c1-2-3-9-20(24)27-17-11-10-16-12-18(22(26)28-19(16)13-17)21(25)23-14-15-7-5-4-6-8-15/h4-8,10-13H,2-3,9,14H2,1H3,(H,23,25). The zero-order valence-corrected chi connectivity index (χ0v) is 15.6. The van der Waals surface area contributed by atoms with Crippen molar-refractivity contribution >= 4 is 22.8 Å². The van der Waals surface area contributed by atoms with E-state index in [4.69, 9.17) is 9.15 Å². The molecule has 1 heterocycles. The second kappa shape index (κ2) is 8.99. The molecule has 0 saturated carbocycles. The van der Waals surface area contributed by atoms with Crippen molar-refractivity contribution in [3.63, 3.8) is 0 Å². The minimum absolute atomic E-state index is 0.0730. The quantitative estimate of drug-likeness (QED) is 0.383. The second-order valence-electron chi connectivity index (χ2n) is 6.39. The third-order valence-electron chi connectivity index (χ3n) is 4.21. The van der Waals surface area contributed by atoms with Gasteiger partial charge in [-0.05, 0) is 30.2 Å². The van der Waals surface area contributed by atoms with Gasteiger partial charge >= 0.3 is 11.6 Å². The lowest BCUT2D eigenvalue weighted by atomic mass is 10.1. The van der Waals surface area contributed by atoms with Crippen molar-refractivity contribution in [2.75, 3.05) is 0 Å². The Morgan fingerprint density at radius 3 is 2.61 bits per heavy atom. The molecule has 1 N–H and O–H groups in total. The van der Waals surface area contributed by atoms with E-state index in [1.165, 1.54) is 12.1 Å². The van der Waals surface area contributed by atoms with Crippen LogP contribution in [-0.4, -0.2) is 11.9 Å². The molecule has 1 aromatic heterocycles. The molecule has 0 bridgehead atoms. The Hall–Kier alpha value is -3.41. The Labute approximate surface area is 162 Å². The first-order valence-electron chi connectivity index (χ1n) is 9.17. The zero-order chi connectivity index (χ0) is 19.9. The van der Waals surface area contributed by atoms with Crippen LogP contribution in [0.3, 0.4) is 0 Å². The number of fused-ring (bicyclic) bond motifs is 1. The van der Waals surface area contributed by atoms with Crippen LogP contribution in [0.4, 0.5) is 0 Å². The second-order valence-corrected chi connectivity index (χ2v) is 6.39. The first-order chi connectivity index (χ1) is 13.6. The summed E-state index contributed by atoms with van der Waals surface area (Å²) in [7, 11) is 0. The fraction of sp³-hybridized carbons (Fsp3) is 0.227. The Kier molecular flexibility index (Phi) is 6.22. The van der Waals surface area contributed by atoms with Gasteiger partial charge in [-0.2, -0.15) is 0 Å². The van der Waals surface area contributed by atoms with E-state index in [2.05, 4.69) is 5.32 Å².